The van der Waals surface area contributed by atoms with Crippen LogP contribution in [0.15, 0.2) is 29.8 Å². The van der Waals surface area contributed by atoms with E-state index in [0.29, 0.717) is 13.0 Å². The van der Waals surface area contributed by atoms with Crippen molar-refractivity contribution in [1.29, 1.82) is 0 Å². The lowest BCUT2D eigenvalue weighted by Crippen LogP contribution is -2.61. The number of fused-ring (bicyclic) bond motifs is 2. The Morgan fingerprint density at radius 2 is 2.14 bits per heavy atom. The summed E-state index contributed by atoms with van der Waals surface area (Å²) in [6.45, 7) is 4.83. The van der Waals surface area contributed by atoms with Crippen LogP contribution >= 0.6 is 0 Å². The first-order valence-electron chi connectivity index (χ1n) is 9.89. The van der Waals surface area contributed by atoms with Crippen LogP contribution in [0.3, 0.4) is 0 Å². The Labute approximate surface area is 164 Å². The minimum atomic E-state index is -0.506. The fourth-order valence-electron chi connectivity index (χ4n) is 4.31. The number of allylic oxidation sites excluding steroid dienone is 2. The van der Waals surface area contributed by atoms with Gasteiger partial charge in [0.25, 0.3) is 0 Å². The first-order chi connectivity index (χ1) is 13.5. The number of nitrogens with zero attached hydrogens (tertiary/aromatic N) is 1. The Bertz CT molecular complexity index is 955. The molecule has 0 radical (unpaired) electrons. The average molecular weight is 381 g/mol. The lowest BCUT2D eigenvalue weighted by molar-refractivity contribution is -0.146. The molecule has 2 amide bonds. The molecular formula is C22H27N3O3. The number of nitrogens with one attached hydrogen (secondary N) is 2. The van der Waals surface area contributed by atoms with Crippen LogP contribution in [0.4, 0.5) is 0 Å². The highest BCUT2D eigenvalue weighted by atomic mass is 16.5. The molecule has 2 aromatic rings. The zero-order valence-electron chi connectivity index (χ0n) is 16.7. The number of piperazine rings is 1. The molecule has 4 rings (SSSR count). The van der Waals surface area contributed by atoms with Crippen LogP contribution in [0.2, 0.25) is 0 Å². The number of ether oxygens (including phenoxy) is 1. The van der Waals surface area contributed by atoms with Crippen molar-refractivity contribution >= 4 is 22.7 Å². The van der Waals surface area contributed by atoms with Crippen molar-refractivity contribution < 1.29 is 14.3 Å². The molecule has 6 heteroatoms. The van der Waals surface area contributed by atoms with Gasteiger partial charge in [-0.2, -0.15) is 0 Å². The summed E-state index contributed by atoms with van der Waals surface area (Å²) in [6, 6.07) is 5.15. The van der Waals surface area contributed by atoms with Gasteiger partial charge in [0.2, 0.25) is 11.8 Å². The minimum Gasteiger partial charge on any atom is -0.497 e. The summed E-state index contributed by atoms with van der Waals surface area (Å²) in [7, 11) is 1.65. The molecule has 0 bridgehead atoms. The van der Waals surface area contributed by atoms with Gasteiger partial charge in [0.05, 0.1) is 7.11 Å². The van der Waals surface area contributed by atoms with Gasteiger partial charge in [-0.05, 0) is 44.4 Å². The van der Waals surface area contributed by atoms with E-state index in [9.17, 15) is 9.59 Å². The number of hydrogen-bond donors (Lipinski definition) is 2. The van der Waals surface area contributed by atoms with E-state index in [-0.39, 0.29) is 17.9 Å². The second-order valence-electron chi connectivity index (χ2n) is 7.93. The molecule has 1 aromatic carbocycles. The topological polar surface area (TPSA) is 74.4 Å². The lowest BCUT2D eigenvalue weighted by atomic mass is 9.97. The van der Waals surface area contributed by atoms with Crippen LogP contribution in [0.5, 0.6) is 5.75 Å². The van der Waals surface area contributed by atoms with Gasteiger partial charge in [-0.25, -0.2) is 0 Å². The number of methoxy groups -OCH3 is 1. The number of amides is 2. The maximum Gasteiger partial charge on any atom is 0.246 e. The van der Waals surface area contributed by atoms with Crippen molar-refractivity contribution in [3.8, 4) is 5.75 Å². The molecule has 0 unspecified atom stereocenters. The first kappa shape index (κ1) is 18.6. The molecule has 2 aliphatic rings. The minimum absolute atomic E-state index is 0.0190. The summed E-state index contributed by atoms with van der Waals surface area (Å²) in [5.74, 6) is 0.809. The van der Waals surface area contributed by atoms with Crippen molar-refractivity contribution in [3.63, 3.8) is 0 Å². The second kappa shape index (κ2) is 7.34. The van der Waals surface area contributed by atoms with E-state index in [2.05, 4.69) is 30.2 Å². The van der Waals surface area contributed by atoms with E-state index in [0.717, 1.165) is 47.2 Å². The van der Waals surface area contributed by atoms with Gasteiger partial charge in [-0.15, -0.1) is 0 Å². The Hall–Kier alpha value is -2.76. The average Bonchev–Trinajstić information content (AvgIpc) is 3.29. The smallest absolute Gasteiger partial charge is 0.246 e. The predicted molar refractivity (Wildman–Crippen MR) is 108 cm³/mol. The van der Waals surface area contributed by atoms with Gasteiger partial charge in [-0.1, -0.05) is 11.6 Å². The molecule has 2 atom stereocenters. The van der Waals surface area contributed by atoms with Crippen LogP contribution in [0, 0.1) is 0 Å². The number of hydrogen-bond acceptors (Lipinski definition) is 3. The van der Waals surface area contributed by atoms with E-state index < -0.39 is 6.04 Å². The van der Waals surface area contributed by atoms with Crippen LogP contribution in [0.1, 0.15) is 37.9 Å². The summed E-state index contributed by atoms with van der Waals surface area (Å²) >= 11 is 0. The molecule has 1 aromatic heterocycles. The van der Waals surface area contributed by atoms with E-state index in [1.165, 1.54) is 5.57 Å². The SMILES string of the molecule is COc1ccc2c(C[C@@H]3NC(=O)[C@@H]4CCCN4C3=O)c(CC=C(C)C)[nH]c2c1. The van der Waals surface area contributed by atoms with Gasteiger partial charge in [-0.3, -0.25) is 9.59 Å². The van der Waals surface area contributed by atoms with Gasteiger partial charge >= 0.3 is 0 Å². The fourth-order valence-corrected chi connectivity index (χ4v) is 4.31. The van der Waals surface area contributed by atoms with Gasteiger partial charge < -0.3 is 19.9 Å². The quantitative estimate of drug-likeness (QED) is 0.782. The molecule has 148 valence electrons. The number of rotatable bonds is 5. The summed E-state index contributed by atoms with van der Waals surface area (Å²) in [5.41, 5.74) is 4.39. The molecule has 28 heavy (non-hydrogen) atoms. The maximum absolute atomic E-state index is 13.0. The molecule has 2 aliphatic heterocycles. The van der Waals surface area contributed by atoms with Gasteiger partial charge in [0.15, 0.2) is 0 Å². The van der Waals surface area contributed by atoms with Crippen LogP contribution in [-0.2, 0) is 22.4 Å². The number of carbonyl (C=O) groups excluding carboxylic acids is 2. The third-order valence-electron chi connectivity index (χ3n) is 5.78. The van der Waals surface area contributed by atoms with E-state index in [1.54, 1.807) is 12.0 Å². The maximum atomic E-state index is 13.0. The van der Waals surface area contributed by atoms with Crippen LogP contribution < -0.4 is 10.1 Å². The third-order valence-corrected chi connectivity index (χ3v) is 5.78. The normalized spacial score (nSPS) is 21.6. The Kier molecular flexibility index (Phi) is 4.87. The number of aromatic nitrogens is 1. The summed E-state index contributed by atoms with van der Waals surface area (Å²) in [6.07, 6.45) is 5.09. The Morgan fingerprint density at radius 3 is 2.89 bits per heavy atom. The molecule has 2 N–H and O–H groups in total. The molecule has 0 saturated carbocycles. The molecule has 6 nitrogen and oxygen atoms in total. The van der Waals surface area contributed by atoms with Gasteiger partial charge in [0, 0.05) is 42.0 Å². The fraction of sp³-hybridized carbons (Fsp3) is 0.455. The zero-order valence-corrected chi connectivity index (χ0v) is 16.7. The highest BCUT2D eigenvalue weighted by Crippen LogP contribution is 2.30. The molecule has 0 spiro atoms. The summed E-state index contributed by atoms with van der Waals surface area (Å²) in [4.78, 5) is 30.7. The van der Waals surface area contributed by atoms with Crippen LogP contribution in [0.25, 0.3) is 10.9 Å². The zero-order chi connectivity index (χ0) is 19.8. The molecule has 3 heterocycles. The highest BCUT2D eigenvalue weighted by Gasteiger charge is 2.43. The number of benzene rings is 1. The number of aromatic amines is 1. The summed E-state index contributed by atoms with van der Waals surface area (Å²) in [5, 5.41) is 4.04. The first-order valence-corrected chi connectivity index (χ1v) is 9.89. The Morgan fingerprint density at radius 1 is 1.32 bits per heavy atom. The molecule has 2 fully saturated rings. The monoisotopic (exact) mass is 381 g/mol. The highest BCUT2D eigenvalue weighted by molar-refractivity contribution is 5.98. The lowest BCUT2D eigenvalue weighted by Gasteiger charge is -2.34. The molecule has 0 aliphatic carbocycles. The third kappa shape index (κ3) is 3.28. The largest absolute Gasteiger partial charge is 0.497 e. The molecule has 2 saturated heterocycles. The van der Waals surface area contributed by atoms with Crippen molar-refractivity contribution in [2.45, 2.75) is 51.6 Å². The summed E-state index contributed by atoms with van der Waals surface area (Å²) < 4.78 is 5.35. The predicted octanol–water partition coefficient (Wildman–Crippen LogP) is 2.72. The van der Waals surface area contributed by atoms with Crippen molar-refractivity contribution in [1.82, 2.24) is 15.2 Å². The van der Waals surface area contributed by atoms with Crippen molar-refractivity contribution in [2.75, 3.05) is 13.7 Å². The second-order valence-corrected chi connectivity index (χ2v) is 7.93. The molecular weight excluding hydrogens is 354 g/mol. The number of carbonyl (C=O) groups is 2. The van der Waals surface area contributed by atoms with Crippen LogP contribution in [-0.4, -0.2) is 47.4 Å². The Balaban J connectivity index is 1.70. The van der Waals surface area contributed by atoms with E-state index in [4.69, 9.17) is 4.74 Å². The van der Waals surface area contributed by atoms with Gasteiger partial charge in [0.1, 0.15) is 17.8 Å². The standard InChI is InChI=1S/C22H27N3O3/c1-13(2)6-9-17-16(15-8-7-14(28-3)11-18(15)23-17)12-19-22(27)25-10-4-5-20(25)21(26)24-19/h6-8,11,19-20,23H,4-5,9-10,12H2,1-3H3,(H,24,26)/t19-,20-/m0/s1. The van der Waals surface area contributed by atoms with E-state index in [1.807, 2.05) is 18.2 Å². The van der Waals surface area contributed by atoms with E-state index >= 15 is 0 Å². The van der Waals surface area contributed by atoms with Crippen molar-refractivity contribution in [2.24, 2.45) is 0 Å². The number of H-pyrrole nitrogens is 1. The van der Waals surface area contributed by atoms with Crippen molar-refractivity contribution in [3.05, 3.63) is 41.1 Å².